The number of hydrogen-bond acceptors (Lipinski definition) is 7. The van der Waals surface area contributed by atoms with Crippen molar-refractivity contribution in [3.63, 3.8) is 0 Å². The molecule has 1 aromatic rings. The summed E-state index contributed by atoms with van der Waals surface area (Å²) >= 11 is 0. The zero-order valence-electron chi connectivity index (χ0n) is 17.4. The predicted octanol–water partition coefficient (Wildman–Crippen LogP) is -0.988. The second-order valence-corrected chi connectivity index (χ2v) is 10.3. The van der Waals surface area contributed by atoms with E-state index >= 15 is 0 Å². The number of β-amino-alcohol motifs (C(OH)–C–C–N with tert-alkyl or cyclic N) is 1. The molecule has 3 N–H and O–H groups in total. The molecular weight excluding hydrogens is 400 g/mol. The molecule has 0 spiro atoms. The summed E-state index contributed by atoms with van der Waals surface area (Å²) in [6.45, 7) is 7.13. The van der Waals surface area contributed by atoms with Crippen LogP contribution in [-0.2, 0) is 26.2 Å². The van der Waals surface area contributed by atoms with Crippen LogP contribution in [0.2, 0.25) is 0 Å². The number of amides is 2. The highest BCUT2D eigenvalue weighted by Crippen LogP contribution is 2.34. The van der Waals surface area contributed by atoms with Gasteiger partial charge in [0.1, 0.15) is 12.1 Å². The van der Waals surface area contributed by atoms with Gasteiger partial charge in [-0.15, -0.1) is 5.10 Å². The Morgan fingerprint density at radius 3 is 2.59 bits per heavy atom. The van der Waals surface area contributed by atoms with Gasteiger partial charge in [-0.25, -0.2) is 17.8 Å². The Labute approximate surface area is 170 Å². The van der Waals surface area contributed by atoms with Crippen molar-refractivity contribution in [2.45, 2.75) is 58.8 Å². The zero-order valence-corrected chi connectivity index (χ0v) is 18.2. The second kappa shape index (κ2) is 8.76. The van der Waals surface area contributed by atoms with Crippen LogP contribution in [-0.4, -0.2) is 76.7 Å². The van der Waals surface area contributed by atoms with Crippen molar-refractivity contribution in [2.75, 3.05) is 19.3 Å². The molecule has 2 heterocycles. The molecule has 2 amide bonds. The number of sulfonamides is 1. The van der Waals surface area contributed by atoms with Gasteiger partial charge >= 0.3 is 0 Å². The van der Waals surface area contributed by atoms with E-state index in [1.165, 1.54) is 29.7 Å². The number of nitrogens with one attached hydrogen (secondary N) is 2. The molecule has 1 fully saturated rings. The summed E-state index contributed by atoms with van der Waals surface area (Å²) in [5, 5.41) is 20.5. The maximum Gasteiger partial charge on any atom is 0.248 e. The summed E-state index contributed by atoms with van der Waals surface area (Å²) in [5.41, 5.74) is -0.209. The first-order chi connectivity index (χ1) is 13.4. The Morgan fingerprint density at radius 1 is 1.38 bits per heavy atom. The van der Waals surface area contributed by atoms with Crippen molar-refractivity contribution < 1.29 is 23.1 Å². The molecule has 11 nitrogen and oxygen atoms in total. The molecule has 0 radical (unpaired) electrons. The third-order valence-corrected chi connectivity index (χ3v) is 6.19. The third kappa shape index (κ3) is 5.52. The van der Waals surface area contributed by atoms with Crippen LogP contribution in [0.15, 0.2) is 6.20 Å². The highest BCUT2D eigenvalue weighted by molar-refractivity contribution is 7.89. The van der Waals surface area contributed by atoms with Crippen LogP contribution in [0.25, 0.3) is 0 Å². The highest BCUT2D eigenvalue weighted by atomic mass is 32.2. The maximum absolute atomic E-state index is 13.4. The van der Waals surface area contributed by atoms with Crippen LogP contribution < -0.4 is 10.0 Å². The average Bonchev–Trinajstić information content (AvgIpc) is 3.25. The molecule has 0 saturated carbocycles. The molecule has 29 heavy (non-hydrogen) atoms. The quantitative estimate of drug-likeness (QED) is 0.503. The van der Waals surface area contributed by atoms with E-state index in [-0.39, 0.29) is 37.1 Å². The molecule has 2 rings (SSSR count). The molecule has 0 bridgehead atoms. The minimum absolute atomic E-state index is 0.0372. The number of aromatic nitrogens is 3. The standard InChI is InChI=1S/C17H30N6O5S/c1-6-29(27,28)19-8-11-9-23(21-20-11)14(17(2,3)4)16(26)22-10-12(24)7-13(22)15(25)18-5/h9,12-14,19,24H,6-8,10H2,1-5H3,(H,18,25)/t12?,13-,14?/m1/s1. The molecule has 1 aromatic heterocycles. The van der Waals surface area contributed by atoms with E-state index in [0.29, 0.717) is 5.69 Å². The Hall–Kier alpha value is -2.05. The Kier molecular flexibility index (Phi) is 7.01. The van der Waals surface area contributed by atoms with Crippen molar-refractivity contribution in [2.24, 2.45) is 5.41 Å². The first-order valence-corrected chi connectivity index (χ1v) is 11.1. The van der Waals surface area contributed by atoms with Gasteiger partial charge in [0.25, 0.3) is 0 Å². The molecule has 3 atom stereocenters. The minimum atomic E-state index is -3.39. The molecule has 1 aliphatic rings. The molecule has 0 aliphatic carbocycles. The Morgan fingerprint density at radius 2 is 2.03 bits per heavy atom. The third-order valence-electron chi connectivity index (χ3n) is 4.84. The lowest BCUT2D eigenvalue weighted by atomic mass is 9.85. The van der Waals surface area contributed by atoms with Crippen molar-refractivity contribution in [1.29, 1.82) is 0 Å². The van der Waals surface area contributed by atoms with Crippen LogP contribution in [0.3, 0.4) is 0 Å². The lowest BCUT2D eigenvalue weighted by Crippen LogP contribution is -2.49. The molecular formula is C17H30N6O5S. The maximum atomic E-state index is 13.4. The molecule has 2 unspecified atom stereocenters. The van der Waals surface area contributed by atoms with E-state index < -0.39 is 33.6 Å². The summed E-state index contributed by atoms with van der Waals surface area (Å²) in [7, 11) is -1.90. The number of rotatable bonds is 7. The van der Waals surface area contributed by atoms with Crippen molar-refractivity contribution >= 4 is 21.8 Å². The molecule has 1 saturated heterocycles. The molecule has 164 valence electrons. The summed E-state index contributed by atoms with van der Waals surface area (Å²) in [4.78, 5) is 26.9. The Balaban J connectivity index is 2.28. The second-order valence-electron chi connectivity index (χ2n) is 8.19. The number of carbonyl (C=O) groups is 2. The fourth-order valence-electron chi connectivity index (χ4n) is 3.32. The lowest BCUT2D eigenvalue weighted by molar-refractivity contribution is -0.144. The van der Waals surface area contributed by atoms with E-state index in [9.17, 15) is 23.1 Å². The number of aliphatic hydroxyl groups excluding tert-OH is 1. The zero-order chi connectivity index (χ0) is 22.0. The lowest BCUT2D eigenvalue weighted by Gasteiger charge is -2.34. The van der Waals surface area contributed by atoms with E-state index in [0.717, 1.165) is 0 Å². The van der Waals surface area contributed by atoms with E-state index in [1.807, 2.05) is 20.8 Å². The fourth-order valence-corrected chi connectivity index (χ4v) is 3.89. The van der Waals surface area contributed by atoms with Gasteiger partial charge in [0.2, 0.25) is 21.8 Å². The van der Waals surface area contributed by atoms with Crippen LogP contribution >= 0.6 is 0 Å². The van der Waals surface area contributed by atoms with Gasteiger partial charge in [-0.05, 0) is 12.3 Å². The smallest absolute Gasteiger partial charge is 0.248 e. The summed E-state index contributed by atoms with van der Waals surface area (Å²) in [6, 6.07) is -1.55. The van der Waals surface area contributed by atoms with Gasteiger partial charge in [0, 0.05) is 20.0 Å². The number of likely N-dealkylation sites (tertiary alicyclic amines) is 1. The average molecular weight is 431 g/mol. The first-order valence-electron chi connectivity index (χ1n) is 9.47. The van der Waals surface area contributed by atoms with Gasteiger partial charge in [-0.3, -0.25) is 9.59 Å². The van der Waals surface area contributed by atoms with Crippen molar-refractivity contribution in [1.82, 2.24) is 29.9 Å². The van der Waals surface area contributed by atoms with Gasteiger partial charge in [-0.2, -0.15) is 0 Å². The van der Waals surface area contributed by atoms with Crippen LogP contribution in [0, 0.1) is 5.41 Å². The van der Waals surface area contributed by atoms with Crippen LogP contribution in [0.5, 0.6) is 0 Å². The fraction of sp³-hybridized carbons (Fsp3) is 0.765. The normalized spacial score (nSPS) is 21.2. The number of hydrogen-bond donors (Lipinski definition) is 3. The SMILES string of the molecule is CCS(=O)(=O)NCc1cn(C(C(=O)N2CC(O)C[C@@H]2C(=O)NC)C(C)(C)C)nn1. The number of aliphatic hydroxyl groups is 1. The monoisotopic (exact) mass is 430 g/mol. The van der Waals surface area contributed by atoms with E-state index in [4.69, 9.17) is 0 Å². The van der Waals surface area contributed by atoms with E-state index in [2.05, 4.69) is 20.4 Å². The molecule has 1 aliphatic heterocycles. The van der Waals surface area contributed by atoms with E-state index in [1.54, 1.807) is 0 Å². The van der Waals surface area contributed by atoms with Crippen molar-refractivity contribution in [3.05, 3.63) is 11.9 Å². The largest absolute Gasteiger partial charge is 0.391 e. The number of nitrogens with zero attached hydrogens (tertiary/aromatic N) is 4. The number of carbonyl (C=O) groups excluding carboxylic acids is 2. The van der Waals surface area contributed by atoms with Crippen molar-refractivity contribution in [3.8, 4) is 0 Å². The molecule has 0 aromatic carbocycles. The predicted molar refractivity (Wildman–Crippen MR) is 105 cm³/mol. The van der Waals surface area contributed by atoms with Gasteiger partial charge in [-0.1, -0.05) is 26.0 Å². The van der Waals surface area contributed by atoms with Crippen LogP contribution in [0.1, 0.15) is 45.9 Å². The topological polar surface area (TPSA) is 147 Å². The Bertz CT molecular complexity index is 847. The molecule has 12 heteroatoms. The summed E-state index contributed by atoms with van der Waals surface area (Å²) in [6.07, 6.45) is 0.911. The van der Waals surface area contributed by atoms with Gasteiger partial charge in [0.05, 0.1) is 30.3 Å². The minimum Gasteiger partial charge on any atom is -0.391 e. The summed E-state index contributed by atoms with van der Waals surface area (Å²) in [5.74, 6) is -0.744. The van der Waals surface area contributed by atoms with Crippen LogP contribution in [0.4, 0.5) is 0 Å². The van der Waals surface area contributed by atoms with Gasteiger partial charge < -0.3 is 15.3 Å². The summed E-state index contributed by atoms with van der Waals surface area (Å²) < 4.78 is 27.1. The number of likely N-dealkylation sites (N-methyl/N-ethyl adjacent to an activating group) is 1. The first kappa shape index (κ1) is 23.2. The van der Waals surface area contributed by atoms with Gasteiger partial charge in [0.15, 0.2) is 0 Å². The highest BCUT2D eigenvalue weighted by Gasteiger charge is 2.44.